The van der Waals surface area contributed by atoms with E-state index in [2.05, 4.69) is 0 Å². The zero-order chi connectivity index (χ0) is 20.1. The van der Waals surface area contributed by atoms with Crippen LogP contribution in [0.5, 0.6) is 0 Å². The minimum atomic E-state index is -3.88. The molecule has 2 fully saturated rings. The highest BCUT2D eigenvalue weighted by Crippen LogP contribution is 2.36. The number of nitrogens with zero attached hydrogens (tertiary/aromatic N) is 2. The zero-order valence-corrected chi connectivity index (χ0v) is 15.7. The summed E-state index contributed by atoms with van der Waals surface area (Å²) in [4.78, 5) is 27.8. The van der Waals surface area contributed by atoms with Crippen LogP contribution >= 0.6 is 0 Å². The van der Waals surface area contributed by atoms with E-state index in [0.717, 1.165) is 6.42 Å². The van der Waals surface area contributed by atoms with Crippen molar-refractivity contribution in [3.8, 4) is 11.1 Å². The largest absolute Gasteiger partial charge is 0.368 e. The molecule has 2 aliphatic rings. The molecule has 1 radical (unpaired) electrons. The van der Waals surface area contributed by atoms with Crippen molar-refractivity contribution in [2.24, 2.45) is 10.9 Å². The average Bonchev–Trinajstić information content (AvgIpc) is 3.23. The Hall–Kier alpha value is -2.91. The van der Waals surface area contributed by atoms with Crippen LogP contribution < -0.4 is 15.8 Å². The topological polar surface area (TPSA) is 127 Å². The van der Waals surface area contributed by atoms with Gasteiger partial charge in [0.05, 0.1) is 10.9 Å². The molecule has 0 aromatic heterocycles. The van der Waals surface area contributed by atoms with Gasteiger partial charge in [0.2, 0.25) is 15.9 Å². The van der Waals surface area contributed by atoms with Crippen LogP contribution in [-0.4, -0.2) is 43.9 Å². The van der Waals surface area contributed by atoms with Crippen molar-refractivity contribution in [1.29, 1.82) is 0 Å². The summed E-state index contributed by atoms with van der Waals surface area (Å²) in [5.74, 6) is -0.567. The Labute approximate surface area is 162 Å². The molecule has 2 aliphatic heterocycles. The lowest BCUT2D eigenvalue weighted by atomic mass is 10.0. The van der Waals surface area contributed by atoms with Crippen LogP contribution in [0.25, 0.3) is 11.1 Å². The quantitative estimate of drug-likeness (QED) is 0.797. The van der Waals surface area contributed by atoms with Crippen molar-refractivity contribution >= 4 is 27.6 Å². The number of nitrogens with two attached hydrogens (primary N) is 2. The summed E-state index contributed by atoms with van der Waals surface area (Å²) < 4.78 is 23.7. The first-order valence-corrected chi connectivity index (χ1v) is 10.3. The van der Waals surface area contributed by atoms with Gasteiger partial charge in [0.25, 0.3) is 0 Å². The standard InChI is InChI=1S/C19H19N4O4S/c20-18(24)17-15-5-3-11-22(15)19(25)23(17)13-9-7-12(8-10-13)14-4-1-2-6-16(14)28(21,26)27/h1-2,4-10,15,17H,3,11H2,(H2,20,24)(H2,21,26,27)/t15-,17?/m1/s1. The highest BCUT2D eigenvalue weighted by Gasteiger charge is 2.51. The van der Waals surface area contributed by atoms with Crippen LogP contribution in [0.3, 0.4) is 0 Å². The molecule has 0 bridgehead atoms. The van der Waals surface area contributed by atoms with Crippen LogP contribution in [0.4, 0.5) is 10.5 Å². The summed E-state index contributed by atoms with van der Waals surface area (Å²) in [5.41, 5.74) is 7.18. The van der Waals surface area contributed by atoms with Crippen molar-refractivity contribution in [2.75, 3.05) is 11.4 Å². The van der Waals surface area contributed by atoms with E-state index in [1.54, 1.807) is 47.4 Å². The molecule has 8 nitrogen and oxygen atoms in total. The Bertz CT molecular complexity index is 1050. The fraction of sp³-hybridized carbons (Fsp3) is 0.211. The number of carbonyl (C=O) groups excluding carboxylic acids is 2. The maximum atomic E-state index is 12.8. The zero-order valence-electron chi connectivity index (χ0n) is 14.9. The van der Waals surface area contributed by atoms with E-state index in [4.69, 9.17) is 10.9 Å². The third-order valence-electron chi connectivity index (χ3n) is 5.13. The lowest BCUT2D eigenvalue weighted by molar-refractivity contribution is -0.119. The molecule has 145 valence electrons. The molecule has 3 amide bonds. The van der Waals surface area contributed by atoms with Gasteiger partial charge in [-0.3, -0.25) is 9.69 Å². The molecule has 2 aromatic carbocycles. The normalized spacial score (nSPS) is 21.8. The van der Waals surface area contributed by atoms with Gasteiger partial charge in [0, 0.05) is 17.8 Å². The van der Waals surface area contributed by atoms with Crippen LogP contribution in [-0.2, 0) is 14.8 Å². The van der Waals surface area contributed by atoms with E-state index >= 15 is 0 Å². The predicted molar refractivity (Wildman–Crippen MR) is 104 cm³/mol. The van der Waals surface area contributed by atoms with Gasteiger partial charge in [-0.2, -0.15) is 0 Å². The van der Waals surface area contributed by atoms with Crippen molar-refractivity contribution < 1.29 is 18.0 Å². The average molecular weight is 399 g/mol. The van der Waals surface area contributed by atoms with Crippen molar-refractivity contribution in [1.82, 2.24) is 4.90 Å². The third kappa shape index (κ3) is 2.92. The molecule has 1 unspecified atom stereocenters. The number of benzene rings is 2. The SMILES string of the molecule is NC(=O)C1[C@H]2[CH]CCN2C(=O)N1c1ccc(-c2ccccc2S(N)(=O)=O)cc1. The number of primary sulfonamides is 1. The fourth-order valence-corrected chi connectivity index (χ4v) is 4.68. The van der Waals surface area contributed by atoms with Crippen LogP contribution in [0.15, 0.2) is 53.4 Å². The van der Waals surface area contributed by atoms with Crippen LogP contribution in [0.1, 0.15) is 6.42 Å². The highest BCUT2D eigenvalue weighted by atomic mass is 32.2. The van der Waals surface area contributed by atoms with Gasteiger partial charge >= 0.3 is 6.03 Å². The molecule has 4 N–H and O–H groups in total. The van der Waals surface area contributed by atoms with Crippen molar-refractivity contribution in [3.63, 3.8) is 0 Å². The second-order valence-corrected chi connectivity index (χ2v) is 8.33. The number of primary amides is 1. The number of hydrogen-bond donors (Lipinski definition) is 2. The Balaban J connectivity index is 1.72. The summed E-state index contributed by atoms with van der Waals surface area (Å²) in [6.07, 6.45) is 2.67. The van der Waals surface area contributed by atoms with E-state index in [0.29, 0.717) is 23.4 Å². The maximum Gasteiger partial charge on any atom is 0.325 e. The van der Waals surface area contributed by atoms with Gasteiger partial charge in [0.15, 0.2) is 0 Å². The molecule has 4 rings (SSSR count). The Morgan fingerprint density at radius 3 is 2.39 bits per heavy atom. The first-order chi connectivity index (χ1) is 13.3. The summed E-state index contributed by atoms with van der Waals surface area (Å²) in [6, 6.07) is 11.8. The highest BCUT2D eigenvalue weighted by molar-refractivity contribution is 7.89. The molecule has 2 aromatic rings. The second kappa shape index (κ2) is 6.61. The molecule has 0 saturated carbocycles. The monoisotopic (exact) mass is 399 g/mol. The lowest BCUT2D eigenvalue weighted by Gasteiger charge is -2.23. The molecule has 2 heterocycles. The van der Waals surface area contributed by atoms with Gasteiger partial charge in [-0.25, -0.2) is 18.4 Å². The van der Waals surface area contributed by atoms with E-state index in [1.807, 2.05) is 6.42 Å². The Kier molecular flexibility index (Phi) is 4.35. The van der Waals surface area contributed by atoms with Gasteiger partial charge < -0.3 is 10.6 Å². The molecule has 2 saturated heterocycles. The van der Waals surface area contributed by atoms with Gasteiger partial charge in [-0.15, -0.1) is 0 Å². The number of rotatable bonds is 4. The number of anilines is 1. The molecule has 9 heteroatoms. The van der Waals surface area contributed by atoms with Gasteiger partial charge in [-0.05, 0) is 36.6 Å². The van der Waals surface area contributed by atoms with E-state index in [-0.39, 0.29) is 17.0 Å². The fourth-order valence-electron chi connectivity index (χ4n) is 3.91. The first-order valence-electron chi connectivity index (χ1n) is 8.74. The number of amides is 3. The molecule has 28 heavy (non-hydrogen) atoms. The summed E-state index contributed by atoms with van der Waals surface area (Å²) >= 11 is 0. The number of urea groups is 1. The van der Waals surface area contributed by atoms with Gasteiger partial charge in [-0.1, -0.05) is 30.3 Å². The number of carbonyl (C=O) groups is 2. The first kappa shape index (κ1) is 18.5. The Morgan fingerprint density at radius 2 is 1.75 bits per heavy atom. The van der Waals surface area contributed by atoms with Crippen LogP contribution in [0.2, 0.25) is 0 Å². The number of sulfonamides is 1. The smallest absolute Gasteiger partial charge is 0.325 e. The minimum absolute atomic E-state index is 0.0188. The summed E-state index contributed by atoms with van der Waals surface area (Å²) in [6.45, 7) is 0.559. The third-order valence-corrected chi connectivity index (χ3v) is 6.10. The molecule has 0 aliphatic carbocycles. The minimum Gasteiger partial charge on any atom is -0.368 e. The second-order valence-electron chi connectivity index (χ2n) is 6.80. The van der Waals surface area contributed by atoms with Crippen LogP contribution in [0, 0.1) is 6.42 Å². The lowest BCUT2D eigenvalue weighted by Crippen LogP contribution is -2.46. The molecular weight excluding hydrogens is 380 g/mol. The maximum absolute atomic E-state index is 12.8. The molecule has 2 atom stereocenters. The number of hydrogen-bond acceptors (Lipinski definition) is 4. The van der Waals surface area contributed by atoms with E-state index in [1.165, 1.54) is 11.0 Å². The van der Waals surface area contributed by atoms with E-state index < -0.39 is 22.0 Å². The summed E-state index contributed by atoms with van der Waals surface area (Å²) in [7, 11) is -3.88. The number of fused-ring (bicyclic) bond motifs is 1. The molecular formula is C19H19N4O4S. The summed E-state index contributed by atoms with van der Waals surface area (Å²) in [5, 5.41) is 5.31. The van der Waals surface area contributed by atoms with Crippen molar-refractivity contribution in [2.45, 2.75) is 23.4 Å². The van der Waals surface area contributed by atoms with Gasteiger partial charge in [0.1, 0.15) is 6.04 Å². The molecule has 0 spiro atoms. The van der Waals surface area contributed by atoms with Crippen molar-refractivity contribution in [3.05, 3.63) is 55.0 Å². The Morgan fingerprint density at radius 1 is 1.07 bits per heavy atom. The van der Waals surface area contributed by atoms with E-state index in [9.17, 15) is 18.0 Å². The predicted octanol–water partition coefficient (Wildman–Crippen LogP) is 1.07.